The van der Waals surface area contributed by atoms with Gasteiger partial charge in [-0.15, -0.1) is 11.3 Å². The molecule has 0 aliphatic rings. The van der Waals surface area contributed by atoms with Gasteiger partial charge in [0.2, 0.25) is 5.91 Å². The number of aromatic nitrogens is 1. The molecule has 0 unspecified atom stereocenters. The summed E-state index contributed by atoms with van der Waals surface area (Å²) in [7, 11) is 0. The number of hydrogen-bond acceptors (Lipinski definition) is 4. The molecule has 0 radical (unpaired) electrons. The number of halogens is 2. The Morgan fingerprint density at radius 1 is 1.31 bits per heavy atom. The number of benzene rings is 2. The van der Waals surface area contributed by atoms with Gasteiger partial charge in [0.05, 0.1) is 12.1 Å². The summed E-state index contributed by atoms with van der Waals surface area (Å²) in [6.45, 7) is 1.97. The van der Waals surface area contributed by atoms with Crippen molar-refractivity contribution in [1.29, 1.82) is 0 Å². The van der Waals surface area contributed by atoms with Gasteiger partial charge in [0.25, 0.3) is 0 Å². The second-order valence-electron chi connectivity index (χ2n) is 5.71. The number of hydrogen-bond donors (Lipinski definition) is 1. The average Bonchev–Trinajstić information content (AvgIpc) is 3.03. The highest BCUT2D eigenvalue weighted by atomic mass is 79.9. The van der Waals surface area contributed by atoms with Crippen molar-refractivity contribution in [2.45, 2.75) is 23.4 Å². The van der Waals surface area contributed by atoms with Crippen molar-refractivity contribution >= 4 is 62.2 Å². The molecule has 3 rings (SSSR count). The van der Waals surface area contributed by atoms with E-state index in [0.29, 0.717) is 0 Å². The summed E-state index contributed by atoms with van der Waals surface area (Å²) in [6, 6.07) is 13.6. The third-order valence-corrected chi connectivity index (χ3v) is 6.46. The number of thiazole rings is 1. The van der Waals surface area contributed by atoms with E-state index in [2.05, 4.69) is 26.2 Å². The molecule has 1 N–H and O–H groups in total. The molecule has 1 aromatic heterocycles. The Kier molecular flexibility index (Phi) is 6.75. The number of amides is 1. The van der Waals surface area contributed by atoms with Crippen LogP contribution in [0.4, 0.5) is 5.69 Å². The minimum atomic E-state index is -0.0629. The Bertz CT molecular complexity index is 929. The smallest absolute Gasteiger partial charge is 0.230 e. The lowest BCUT2D eigenvalue weighted by atomic mass is 10.2. The molecule has 0 aliphatic carbocycles. The van der Waals surface area contributed by atoms with Crippen LogP contribution in [-0.4, -0.2) is 10.9 Å². The number of carbonyl (C=O) groups is 1. The van der Waals surface area contributed by atoms with E-state index in [4.69, 9.17) is 11.6 Å². The van der Waals surface area contributed by atoms with Crippen LogP contribution < -0.4 is 5.32 Å². The SMILES string of the molecule is Cc1cc(Br)ccc1NC(=O)Cc1csc(SCc2cccc(Cl)c2)n1. The predicted octanol–water partition coefficient (Wildman–Crippen LogP) is 6.34. The van der Waals surface area contributed by atoms with Crippen LogP contribution in [-0.2, 0) is 17.0 Å². The summed E-state index contributed by atoms with van der Waals surface area (Å²) in [6.07, 6.45) is 0.268. The van der Waals surface area contributed by atoms with Gasteiger partial charge >= 0.3 is 0 Å². The molecule has 0 aliphatic heterocycles. The maximum absolute atomic E-state index is 12.3. The summed E-state index contributed by atoms with van der Waals surface area (Å²) >= 11 is 12.6. The zero-order chi connectivity index (χ0) is 18.5. The highest BCUT2D eigenvalue weighted by molar-refractivity contribution is 9.10. The number of nitrogens with one attached hydrogen (secondary N) is 1. The number of rotatable bonds is 6. The first-order chi connectivity index (χ1) is 12.5. The monoisotopic (exact) mass is 466 g/mol. The number of thioether (sulfide) groups is 1. The molecule has 1 amide bonds. The predicted molar refractivity (Wildman–Crippen MR) is 114 cm³/mol. The molecule has 3 nitrogen and oxygen atoms in total. The zero-order valence-corrected chi connectivity index (χ0v) is 17.9. The second-order valence-corrected chi connectivity index (χ2v) is 9.14. The first kappa shape index (κ1) is 19.4. The zero-order valence-electron chi connectivity index (χ0n) is 14.0. The van der Waals surface area contributed by atoms with Crippen LogP contribution in [0.3, 0.4) is 0 Å². The molecule has 0 atom stereocenters. The highest BCUT2D eigenvalue weighted by Gasteiger charge is 2.10. The first-order valence-corrected chi connectivity index (χ1v) is 10.9. The molecule has 134 valence electrons. The Morgan fingerprint density at radius 3 is 2.92 bits per heavy atom. The molecule has 0 bridgehead atoms. The van der Waals surface area contributed by atoms with Crippen molar-refractivity contribution in [2.75, 3.05) is 5.32 Å². The maximum Gasteiger partial charge on any atom is 0.230 e. The quantitative estimate of drug-likeness (QED) is 0.430. The summed E-state index contributed by atoms with van der Waals surface area (Å²) in [5, 5.41) is 5.62. The van der Waals surface area contributed by atoms with Crippen LogP contribution in [0.5, 0.6) is 0 Å². The largest absolute Gasteiger partial charge is 0.326 e. The van der Waals surface area contributed by atoms with E-state index in [9.17, 15) is 4.79 Å². The van der Waals surface area contributed by atoms with Crippen LogP contribution in [0.1, 0.15) is 16.8 Å². The number of carbonyl (C=O) groups excluding carboxylic acids is 1. The van der Waals surface area contributed by atoms with E-state index in [1.54, 1.807) is 23.1 Å². The van der Waals surface area contributed by atoms with Crippen molar-refractivity contribution in [3.8, 4) is 0 Å². The Labute approximate surface area is 174 Å². The fourth-order valence-electron chi connectivity index (χ4n) is 2.33. The summed E-state index contributed by atoms with van der Waals surface area (Å²) in [4.78, 5) is 16.8. The average molecular weight is 468 g/mol. The van der Waals surface area contributed by atoms with Crippen LogP contribution in [0.2, 0.25) is 5.02 Å². The van der Waals surface area contributed by atoms with Gasteiger partial charge in [-0.1, -0.05) is 51.4 Å². The lowest BCUT2D eigenvalue weighted by molar-refractivity contribution is -0.115. The van der Waals surface area contributed by atoms with Gasteiger partial charge in [-0.3, -0.25) is 4.79 Å². The second kappa shape index (κ2) is 9.04. The van der Waals surface area contributed by atoms with E-state index < -0.39 is 0 Å². The lowest BCUT2D eigenvalue weighted by Crippen LogP contribution is -2.15. The summed E-state index contributed by atoms with van der Waals surface area (Å²) < 4.78 is 1.95. The Morgan fingerprint density at radius 2 is 2.15 bits per heavy atom. The Hall–Kier alpha value is -1.34. The van der Waals surface area contributed by atoms with Crippen molar-refractivity contribution in [2.24, 2.45) is 0 Å². The van der Waals surface area contributed by atoms with E-state index in [-0.39, 0.29) is 12.3 Å². The number of aryl methyl sites for hydroxylation is 1. The Balaban J connectivity index is 1.55. The molecule has 0 saturated heterocycles. The van der Waals surface area contributed by atoms with Crippen LogP contribution in [0.15, 0.2) is 56.7 Å². The van der Waals surface area contributed by atoms with Gasteiger partial charge < -0.3 is 5.32 Å². The van der Waals surface area contributed by atoms with Crippen LogP contribution in [0.25, 0.3) is 0 Å². The van der Waals surface area contributed by atoms with Crippen molar-refractivity contribution < 1.29 is 4.79 Å². The van der Waals surface area contributed by atoms with E-state index >= 15 is 0 Å². The first-order valence-electron chi connectivity index (χ1n) is 7.87. The van der Waals surface area contributed by atoms with Gasteiger partial charge in [0.1, 0.15) is 4.34 Å². The van der Waals surface area contributed by atoms with Crippen LogP contribution >= 0.6 is 50.6 Å². The van der Waals surface area contributed by atoms with Crippen LogP contribution in [0, 0.1) is 6.92 Å². The van der Waals surface area contributed by atoms with E-state index in [0.717, 1.165) is 42.1 Å². The fraction of sp³-hybridized carbons (Fsp3) is 0.158. The molecular weight excluding hydrogens is 452 g/mol. The van der Waals surface area contributed by atoms with Gasteiger partial charge in [0, 0.05) is 26.3 Å². The molecule has 26 heavy (non-hydrogen) atoms. The van der Waals surface area contributed by atoms with Crippen molar-refractivity contribution in [1.82, 2.24) is 4.98 Å². The third kappa shape index (κ3) is 5.58. The number of nitrogens with zero attached hydrogens (tertiary/aromatic N) is 1. The fourth-order valence-corrected chi connectivity index (χ4v) is 4.81. The highest BCUT2D eigenvalue weighted by Crippen LogP contribution is 2.27. The normalized spacial score (nSPS) is 10.7. The van der Waals surface area contributed by atoms with Gasteiger partial charge in [-0.25, -0.2) is 4.98 Å². The van der Waals surface area contributed by atoms with Gasteiger partial charge in [0.15, 0.2) is 0 Å². The maximum atomic E-state index is 12.3. The number of anilines is 1. The molecule has 0 spiro atoms. The van der Waals surface area contributed by atoms with Gasteiger partial charge in [-0.2, -0.15) is 0 Å². The molecular formula is C19H16BrClN2OS2. The third-order valence-electron chi connectivity index (χ3n) is 3.59. The van der Waals surface area contributed by atoms with E-state index in [1.807, 2.05) is 54.8 Å². The minimum Gasteiger partial charge on any atom is -0.326 e. The van der Waals surface area contributed by atoms with Crippen molar-refractivity contribution in [3.63, 3.8) is 0 Å². The van der Waals surface area contributed by atoms with E-state index in [1.165, 1.54) is 0 Å². The summed E-state index contributed by atoms with van der Waals surface area (Å²) in [5.41, 5.74) is 3.78. The van der Waals surface area contributed by atoms with Gasteiger partial charge in [-0.05, 0) is 48.4 Å². The van der Waals surface area contributed by atoms with Crippen molar-refractivity contribution in [3.05, 3.63) is 74.2 Å². The molecule has 2 aromatic carbocycles. The molecule has 0 fully saturated rings. The topological polar surface area (TPSA) is 42.0 Å². The minimum absolute atomic E-state index is 0.0629. The molecule has 3 aromatic rings. The molecule has 7 heteroatoms. The molecule has 1 heterocycles. The lowest BCUT2D eigenvalue weighted by Gasteiger charge is -2.07. The molecule has 0 saturated carbocycles. The summed E-state index contributed by atoms with van der Waals surface area (Å²) in [5.74, 6) is 0.741. The standard InChI is InChI=1S/C19H16BrClN2OS2/c1-12-7-14(20)5-6-17(12)23-18(24)9-16-11-26-19(22-16)25-10-13-3-2-4-15(21)8-13/h2-8,11H,9-10H2,1H3,(H,23,24).